The molecule has 2 aromatic carbocycles. The summed E-state index contributed by atoms with van der Waals surface area (Å²) in [6, 6.07) is 14.2. The first-order valence-electron chi connectivity index (χ1n) is 7.76. The lowest BCUT2D eigenvalue weighted by molar-refractivity contribution is -0.384. The zero-order chi connectivity index (χ0) is 18.4. The predicted molar refractivity (Wildman–Crippen MR) is 92.4 cm³/mol. The maximum Gasteiger partial charge on any atom is 0.339 e. The average Bonchev–Trinajstić information content (AvgIpc) is 2.63. The highest BCUT2D eigenvalue weighted by Gasteiger charge is 2.25. The number of para-hydroxylation sites is 1. The maximum atomic E-state index is 12.6. The van der Waals surface area contributed by atoms with Gasteiger partial charge in [-0.1, -0.05) is 24.3 Å². The molecule has 2 rings (SSSR count). The Hall–Kier alpha value is -3.22. The van der Waals surface area contributed by atoms with Gasteiger partial charge in [-0.2, -0.15) is 0 Å². The summed E-state index contributed by atoms with van der Waals surface area (Å²) in [6.45, 7) is 3.71. The topological polar surface area (TPSA) is 89.8 Å². The zero-order valence-corrected chi connectivity index (χ0v) is 13.9. The third kappa shape index (κ3) is 4.41. The molecule has 1 atom stereocenters. The highest BCUT2D eigenvalue weighted by Crippen LogP contribution is 2.17. The Morgan fingerprint density at radius 1 is 1.16 bits per heavy atom. The Bertz CT molecular complexity index is 776. The fourth-order valence-corrected chi connectivity index (χ4v) is 2.32. The molecule has 0 saturated heterocycles. The van der Waals surface area contributed by atoms with E-state index in [2.05, 4.69) is 0 Å². The first-order valence-corrected chi connectivity index (χ1v) is 7.76. The van der Waals surface area contributed by atoms with Gasteiger partial charge in [0.15, 0.2) is 6.10 Å². The van der Waals surface area contributed by atoms with Crippen LogP contribution >= 0.6 is 0 Å². The van der Waals surface area contributed by atoms with Crippen LogP contribution in [0.5, 0.6) is 0 Å². The molecule has 0 aliphatic carbocycles. The van der Waals surface area contributed by atoms with Crippen molar-refractivity contribution in [1.29, 1.82) is 0 Å². The minimum absolute atomic E-state index is 0.0246. The first-order chi connectivity index (χ1) is 11.9. The van der Waals surface area contributed by atoms with Crippen molar-refractivity contribution < 1.29 is 19.2 Å². The number of non-ortho nitro benzene ring substituents is 1. The van der Waals surface area contributed by atoms with Gasteiger partial charge in [-0.05, 0) is 32.0 Å². The van der Waals surface area contributed by atoms with Crippen molar-refractivity contribution in [2.75, 3.05) is 11.4 Å². The summed E-state index contributed by atoms with van der Waals surface area (Å²) in [7, 11) is 0. The van der Waals surface area contributed by atoms with Gasteiger partial charge in [-0.3, -0.25) is 14.9 Å². The largest absolute Gasteiger partial charge is 0.449 e. The second-order valence-electron chi connectivity index (χ2n) is 5.27. The highest BCUT2D eigenvalue weighted by atomic mass is 16.6. The molecule has 0 bridgehead atoms. The number of ether oxygens (including phenoxy) is 1. The van der Waals surface area contributed by atoms with E-state index in [1.165, 1.54) is 30.0 Å². The summed E-state index contributed by atoms with van der Waals surface area (Å²) >= 11 is 0. The second-order valence-corrected chi connectivity index (χ2v) is 5.27. The van der Waals surface area contributed by atoms with Gasteiger partial charge in [0.2, 0.25) is 0 Å². The molecule has 0 fully saturated rings. The minimum Gasteiger partial charge on any atom is -0.449 e. The van der Waals surface area contributed by atoms with Crippen molar-refractivity contribution in [2.24, 2.45) is 0 Å². The monoisotopic (exact) mass is 342 g/mol. The van der Waals surface area contributed by atoms with Crippen molar-refractivity contribution in [3.8, 4) is 0 Å². The van der Waals surface area contributed by atoms with E-state index in [1.54, 1.807) is 12.1 Å². The van der Waals surface area contributed by atoms with E-state index in [9.17, 15) is 19.7 Å². The van der Waals surface area contributed by atoms with E-state index in [1.807, 2.05) is 25.1 Å². The molecular weight excluding hydrogens is 324 g/mol. The van der Waals surface area contributed by atoms with E-state index >= 15 is 0 Å². The van der Waals surface area contributed by atoms with E-state index in [0.29, 0.717) is 12.2 Å². The van der Waals surface area contributed by atoms with Crippen LogP contribution in [0.25, 0.3) is 0 Å². The molecule has 0 aliphatic rings. The maximum absolute atomic E-state index is 12.6. The van der Waals surface area contributed by atoms with Crippen LogP contribution in [0, 0.1) is 10.1 Å². The third-order valence-electron chi connectivity index (χ3n) is 3.57. The Labute approximate surface area is 145 Å². The zero-order valence-electron chi connectivity index (χ0n) is 13.9. The molecule has 7 heteroatoms. The number of nitrogens with zero attached hydrogens (tertiary/aromatic N) is 2. The molecule has 0 saturated carbocycles. The van der Waals surface area contributed by atoms with Crippen LogP contribution in [-0.4, -0.2) is 29.4 Å². The Balaban J connectivity index is 2.11. The SMILES string of the molecule is CCN(C(=O)[C@@H](C)OC(=O)c1cccc([N+](=O)[O-])c1)c1ccccc1. The van der Waals surface area contributed by atoms with Crippen LogP contribution in [0.2, 0.25) is 0 Å². The third-order valence-corrected chi connectivity index (χ3v) is 3.57. The van der Waals surface area contributed by atoms with E-state index in [-0.39, 0.29) is 17.2 Å². The number of anilines is 1. The molecule has 130 valence electrons. The van der Waals surface area contributed by atoms with Gasteiger partial charge in [-0.15, -0.1) is 0 Å². The molecule has 0 unspecified atom stereocenters. The lowest BCUT2D eigenvalue weighted by atomic mass is 10.2. The standard InChI is InChI=1S/C18H18N2O5/c1-3-19(15-9-5-4-6-10-15)17(21)13(2)25-18(22)14-8-7-11-16(12-14)20(23)24/h4-13H,3H2,1-2H3/t13-/m1/s1. The van der Waals surface area contributed by atoms with Crippen molar-refractivity contribution in [3.05, 3.63) is 70.3 Å². The van der Waals surface area contributed by atoms with E-state index in [0.717, 1.165) is 6.07 Å². The second kappa shape index (κ2) is 8.05. The van der Waals surface area contributed by atoms with Crippen LogP contribution in [0.4, 0.5) is 11.4 Å². The Kier molecular flexibility index (Phi) is 5.84. The predicted octanol–water partition coefficient (Wildman–Crippen LogP) is 3.19. The van der Waals surface area contributed by atoms with Crippen LogP contribution in [0.1, 0.15) is 24.2 Å². The molecular formula is C18H18N2O5. The van der Waals surface area contributed by atoms with Crippen molar-refractivity contribution in [3.63, 3.8) is 0 Å². The molecule has 0 radical (unpaired) electrons. The highest BCUT2D eigenvalue weighted by molar-refractivity contribution is 5.99. The number of nitro benzene ring substituents is 1. The summed E-state index contributed by atoms with van der Waals surface area (Å²) < 4.78 is 5.18. The number of amides is 1. The quantitative estimate of drug-likeness (QED) is 0.457. The van der Waals surface area contributed by atoms with Gasteiger partial charge < -0.3 is 9.64 Å². The van der Waals surface area contributed by atoms with Crippen molar-refractivity contribution >= 4 is 23.3 Å². The molecule has 0 spiro atoms. The van der Waals surface area contributed by atoms with Crippen LogP contribution in [-0.2, 0) is 9.53 Å². The Morgan fingerprint density at radius 2 is 1.84 bits per heavy atom. The number of likely N-dealkylation sites (N-methyl/N-ethyl adjacent to an activating group) is 1. The van der Waals surface area contributed by atoms with Crippen LogP contribution in [0.3, 0.4) is 0 Å². The number of nitro groups is 1. The molecule has 2 aromatic rings. The summed E-state index contributed by atoms with van der Waals surface area (Å²) in [5.74, 6) is -1.15. The van der Waals surface area contributed by atoms with Gasteiger partial charge in [0, 0.05) is 24.4 Å². The number of esters is 1. The summed E-state index contributed by atoms with van der Waals surface area (Å²) in [6.07, 6.45) is -1.02. The summed E-state index contributed by atoms with van der Waals surface area (Å²) in [5.41, 5.74) is 0.512. The van der Waals surface area contributed by atoms with Gasteiger partial charge in [0.1, 0.15) is 0 Å². The van der Waals surface area contributed by atoms with Crippen LogP contribution in [0.15, 0.2) is 54.6 Å². The molecule has 25 heavy (non-hydrogen) atoms. The van der Waals surface area contributed by atoms with Crippen LogP contribution < -0.4 is 4.90 Å². The van der Waals surface area contributed by atoms with Gasteiger partial charge in [0.05, 0.1) is 10.5 Å². The molecule has 7 nitrogen and oxygen atoms in total. The van der Waals surface area contributed by atoms with E-state index in [4.69, 9.17) is 4.74 Å². The number of rotatable bonds is 6. The fourth-order valence-electron chi connectivity index (χ4n) is 2.32. The van der Waals surface area contributed by atoms with Crippen molar-refractivity contribution in [2.45, 2.75) is 20.0 Å². The number of benzene rings is 2. The Morgan fingerprint density at radius 3 is 2.44 bits per heavy atom. The lowest BCUT2D eigenvalue weighted by Gasteiger charge is -2.24. The average molecular weight is 342 g/mol. The van der Waals surface area contributed by atoms with Gasteiger partial charge in [0.25, 0.3) is 11.6 Å². The minimum atomic E-state index is -1.02. The number of carbonyl (C=O) groups excluding carboxylic acids is 2. The molecule has 1 amide bonds. The summed E-state index contributed by atoms with van der Waals surface area (Å²) in [4.78, 5) is 36.4. The van der Waals surface area contributed by atoms with Gasteiger partial charge in [-0.25, -0.2) is 4.79 Å². The lowest BCUT2D eigenvalue weighted by Crippen LogP contribution is -2.40. The summed E-state index contributed by atoms with van der Waals surface area (Å²) in [5, 5.41) is 10.8. The van der Waals surface area contributed by atoms with Gasteiger partial charge >= 0.3 is 5.97 Å². The molecule has 0 aromatic heterocycles. The number of hydrogen-bond acceptors (Lipinski definition) is 5. The fraction of sp³-hybridized carbons (Fsp3) is 0.222. The molecule has 0 heterocycles. The normalized spacial score (nSPS) is 11.4. The molecule has 0 aliphatic heterocycles. The number of carbonyl (C=O) groups is 2. The number of hydrogen-bond donors (Lipinski definition) is 0. The van der Waals surface area contributed by atoms with E-state index < -0.39 is 17.0 Å². The smallest absolute Gasteiger partial charge is 0.339 e. The first kappa shape index (κ1) is 18.1. The molecule has 0 N–H and O–H groups in total. The van der Waals surface area contributed by atoms with Crippen molar-refractivity contribution in [1.82, 2.24) is 0 Å².